The number of piperidine rings is 1. The van der Waals surface area contributed by atoms with Crippen molar-refractivity contribution in [3.05, 3.63) is 88.0 Å². The minimum absolute atomic E-state index is 0.00878. The highest BCUT2D eigenvalue weighted by atomic mass is 16.5. The van der Waals surface area contributed by atoms with Gasteiger partial charge in [-0.25, -0.2) is 9.78 Å². The molecule has 3 aromatic rings. The lowest BCUT2D eigenvalue weighted by Gasteiger charge is -2.38. The predicted octanol–water partition coefficient (Wildman–Crippen LogP) is 2.44. The number of hydrogen-bond acceptors (Lipinski definition) is 8. The summed E-state index contributed by atoms with van der Waals surface area (Å²) >= 11 is 0. The number of nitrogens with zero attached hydrogens (tertiary/aromatic N) is 3. The fourth-order valence-corrected chi connectivity index (χ4v) is 4.19. The van der Waals surface area contributed by atoms with E-state index in [4.69, 9.17) is 10.1 Å². The first-order chi connectivity index (χ1) is 17.3. The van der Waals surface area contributed by atoms with E-state index in [1.54, 1.807) is 41.3 Å². The predicted molar refractivity (Wildman–Crippen MR) is 134 cm³/mol. The molecule has 0 unspecified atom stereocenters. The quantitative estimate of drug-likeness (QED) is 0.342. The summed E-state index contributed by atoms with van der Waals surface area (Å²) in [5, 5.41) is 21.9. The summed E-state index contributed by atoms with van der Waals surface area (Å²) in [4.78, 5) is 43.6. The third-order valence-corrected chi connectivity index (χ3v) is 6.23. The number of hydrogen-bond donors (Lipinski definition) is 3. The van der Waals surface area contributed by atoms with Gasteiger partial charge >= 0.3 is 5.97 Å². The molecule has 1 fully saturated rings. The van der Waals surface area contributed by atoms with Crippen LogP contribution in [0.2, 0.25) is 0 Å². The molecular weight excluding hydrogens is 462 g/mol. The molecule has 1 amide bonds. The van der Waals surface area contributed by atoms with Gasteiger partial charge in [-0.2, -0.15) is 0 Å². The van der Waals surface area contributed by atoms with Crippen molar-refractivity contribution < 1.29 is 19.4 Å². The highest BCUT2D eigenvalue weighted by Gasteiger charge is 2.35. The average Bonchev–Trinajstić information content (AvgIpc) is 2.90. The van der Waals surface area contributed by atoms with Crippen molar-refractivity contribution in [3.8, 4) is 0 Å². The zero-order valence-corrected chi connectivity index (χ0v) is 19.8. The zero-order chi connectivity index (χ0) is 25.7. The van der Waals surface area contributed by atoms with Gasteiger partial charge in [0.15, 0.2) is 0 Å². The average molecular weight is 490 g/mol. The first kappa shape index (κ1) is 24.8. The smallest absolute Gasteiger partial charge is 0.337 e. The Hall–Kier alpha value is -4.31. The molecular formula is C26H27N5O5. The van der Waals surface area contributed by atoms with Gasteiger partial charge in [0.05, 0.1) is 31.1 Å². The van der Waals surface area contributed by atoms with Crippen molar-refractivity contribution in [2.24, 2.45) is 0 Å². The van der Waals surface area contributed by atoms with E-state index in [0.29, 0.717) is 42.7 Å². The Bertz CT molecular complexity index is 1330. The van der Waals surface area contributed by atoms with Gasteiger partial charge in [-0.05, 0) is 43.2 Å². The van der Waals surface area contributed by atoms with E-state index in [1.165, 1.54) is 18.0 Å². The molecule has 3 N–H and O–H groups in total. The number of ether oxygens (including phenoxy) is 1. The second-order valence-corrected chi connectivity index (χ2v) is 8.66. The van der Waals surface area contributed by atoms with Crippen molar-refractivity contribution in [1.82, 2.24) is 14.5 Å². The molecule has 2 aromatic carbocycles. The van der Waals surface area contributed by atoms with Crippen LogP contribution < -0.4 is 10.9 Å². The topological polar surface area (TPSA) is 138 Å². The molecule has 0 aliphatic carbocycles. The number of rotatable bonds is 7. The summed E-state index contributed by atoms with van der Waals surface area (Å²) in [6, 6.07) is 15.5. The summed E-state index contributed by atoms with van der Waals surface area (Å²) in [5.74, 6) is -0.433. The third-order valence-electron chi connectivity index (χ3n) is 6.23. The Balaban J connectivity index is 1.47. The molecule has 0 saturated carbocycles. The Morgan fingerprint density at radius 1 is 1.14 bits per heavy atom. The van der Waals surface area contributed by atoms with Crippen LogP contribution in [0.4, 0.5) is 11.5 Å². The Morgan fingerprint density at radius 2 is 1.83 bits per heavy atom. The molecule has 36 heavy (non-hydrogen) atoms. The van der Waals surface area contributed by atoms with E-state index in [9.17, 15) is 19.5 Å². The Labute approximate surface area is 207 Å². The highest BCUT2D eigenvalue weighted by Crippen LogP contribution is 2.25. The minimum Gasteiger partial charge on any atom is -0.465 e. The molecule has 0 spiro atoms. The summed E-state index contributed by atoms with van der Waals surface area (Å²) < 4.78 is 6.01. The molecule has 10 heteroatoms. The summed E-state index contributed by atoms with van der Waals surface area (Å²) in [6.45, 7) is 0.713. The molecule has 0 bridgehead atoms. The van der Waals surface area contributed by atoms with Gasteiger partial charge in [0, 0.05) is 30.6 Å². The number of esters is 1. The summed E-state index contributed by atoms with van der Waals surface area (Å²) in [7, 11) is 1.29. The van der Waals surface area contributed by atoms with Gasteiger partial charge in [0.25, 0.3) is 11.5 Å². The molecule has 1 aliphatic heterocycles. The van der Waals surface area contributed by atoms with E-state index in [1.807, 2.05) is 18.2 Å². The highest BCUT2D eigenvalue weighted by molar-refractivity contribution is 5.94. The summed E-state index contributed by atoms with van der Waals surface area (Å²) in [6.07, 6.45) is 2.83. The maximum Gasteiger partial charge on any atom is 0.337 e. The molecule has 0 atom stereocenters. The molecule has 1 aromatic heterocycles. The molecule has 10 nitrogen and oxygen atoms in total. The van der Waals surface area contributed by atoms with E-state index in [-0.39, 0.29) is 23.8 Å². The molecule has 4 rings (SSSR count). The van der Waals surface area contributed by atoms with Crippen LogP contribution in [0.25, 0.3) is 0 Å². The van der Waals surface area contributed by atoms with E-state index < -0.39 is 17.1 Å². The first-order valence-electron chi connectivity index (χ1n) is 11.5. The molecule has 2 heterocycles. The first-order valence-corrected chi connectivity index (χ1v) is 11.5. The number of methoxy groups -OCH3 is 1. The maximum atomic E-state index is 13.1. The zero-order valence-electron chi connectivity index (χ0n) is 19.8. The molecule has 1 saturated heterocycles. The van der Waals surface area contributed by atoms with Crippen LogP contribution in [0.1, 0.15) is 39.1 Å². The fourth-order valence-electron chi connectivity index (χ4n) is 4.19. The van der Waals surface area contributed by atoms with Crippen molar-refractivity contribution >= 4 is 29.6 Å². The summed E-state index contributed by atoms with van der Waals surface area (Å²) in [5.41, 5.74) is -0.239. The lowest BCUT2D eigenvalue weighted by molar-refractivity contribution is -0.0300. The number of amides is 1. The van der Waals surface area contributed by atoms with Crippen LogP contribution in [-0.4, -0.2) is 63.4 Å². The van der Waals surface area contributed by atoms with Crippen molar-refractivity contribution in [1.29, 1.82) is 5.41 Å². The Kier molecular flexibility index (Phi) is 7.25. The number of aliphatic hydroxyl groups is 1. The normalized spacial score (nSPS) is 14.7. The van der Waals surface area contributed by atoms with E-state index >= 15 is 0 Å². The van der Waals surface area contributed by atoms with Gasteiger partial charge in [-0.15, -0.1) is 0 Å². The van der Waals surface area contributed by atoms with Crippen LogP contribution in [0.15, 0.2) is 65.7 Å². The lowest BCUT2D eigenvalue weighted by atomic mass is 9.91. The number of benzene rings is 2. The van der Waals surface area contributed by atoms with Crippen LogP contribution in [0.5, 0.6) is 0 Å². The van der Waals surface area contributed by atoms with Crippen molar-refractivity contribution in [2.45, 2.75) is 25.0 Å². The van der Waals surface area contributed by atoms with Crippen LogP contribution in [-0.2, 0) is 11.3 Å². The standard InChI is InChI=1S/C26H27N5O5/c1-36-25(34)19-8-5-9-20(14-19)29-22-21(15-27)24(33)31(17-28-22)16-26(35)10-12-30(13-11-26)23(32)18-6-3-2-4-7-18/h2-9,14-15,17,27,29,35H,10-13,16H2,1H3. The van der Waals surface area contributed by atoms with E-state index in [2.05, 4.69) is 10.3 Å². The second-order valence-electron chi connectivity index (χ2n) is 8.66. The number of carbonyl (C=O) groups excluding carboxylic acids is 2. The van der Waals surface area contributed by atoms with Gasteiger partial charge in [-0.3, -0.25) is 14.2 Å². The third kappa shape index (κ3) is 5.33. The SMILES string of the molecule is COC(=O)c1cccc(Nc2ncn(CC3(O)CCN(C(=O)c4ccccc4)CC3)c(=O)c2C=N)c1. The van der Waals surface area contributed by atoms with Crippen LogP contribution in [0, 0.1) is 5.41 Å². The number of nitrogens with one attached hydrogen (secondary N) is 2. The second kappa shape index (κ2) is 10.5. The monoisotopic (exact) mass is 489 g/mol. The minimum atomic E-state index is -1.19. The van der Waals surface area contributed by atoms with E-state index in [0.717, 1.165) is 6.21 Å². The van der Waals surface area contributed by atoms with Crippen LogP contribution in [0.3, 0.4) is 0 Å². The number of likely N-dealkylation sites (tertiary alicyclic amines) is 1. The maximum absolute atomic E-state index is 13.1. The van der Waals surface area contributed by atoms with Gasteiger partial charge < -0.3 is 25.5 Å². The lowest BCUT2D eigenvalue weighted by Crippen LogP contribution is -2.49. The number of anilines is 2. The number of aromatic nitrogens is 2. The Morgan fingerprint density at radius 3 is 2.50 bits per heavy atom. The fraction of sp³-hybridized carbons (Fsp3) is 0.269. The van der Waals surface area contributed by atoms with Gasteiger partial charge in [0.2, 0.25) is 0 Å². The number of carbonyl (C=O) groups is 2. The largest absolute Gasteiger partial charge is 0.465 e. The van der Waals surface area contributed by atoms with Gasteiger partial charge in [0.1, 0.15) is 11.4 Å². The van der Waals surface area contributed by atoms with Gasteiger partial charge in [-0.1, -0.05) is 24.3 Å². The van der Waals surface area contributed by atoms with Crippen molar-refractivity contribution in [3.63, 3.8) is 0 Å². The molecule has 186 valence electrons. The van der Waals surface area contributed by atoms with Crippen LogP contribution >= 0.6 is 0 Å². The molecule has 1 aliphatic rings. The molecule has 0 radical (unpaired) electrons. The van der Waals surface area contributed by atoms with Crippen molar-refractivity contribution in [2.75, 3.05) is 25.5 Å².